The van der Waals surface area contributed by atoms with Crippen LogP contribution < -0.4 is 9.46 Å². The highest BCUT2D eigenvalue weighted by atomic mass is 35.5. The molecule has 0 aliphatic heterocycles. The molecule has 0 saturated heterocycles. The van der Waals surface area contributed by atoms with Crippen molar-refractivity contribution in [3.8, 4) is 11.5 Å². The Balaban J connectivity index is 1.91. The van der Waals surface area contributed by atoms with Gasteiger partial charge in [0.2, 0.25) is 10.0 Å². The van der Waals surface area contributed by atoms with Crippen LogP contribution in [0.25, 0.3) is 10.9 Å². The molecule has 1 heterocycles. The first-order valence-electron chi connectivity index (χ1n) is 7.27. The third-order valence-electron chi connectivity index (χ3n) is 3.34. The number of amides is 1. The molecular weight excluding hydrogens is 383 g/mol. The van der Waals surface area contributed by atoms with Gasteiger partial charge in [0.05, 0.1) is 28.6 Å². The fourth-order valence-corrected chi connectivity index (χ4v) is 2.89. The molecule has 6 nitrogen and oxygen atoms in total. The van der Waals surface area contributed by atoms with Crippen molar-refractivity contribution in [2.24, 2.45) is 0 Å². The lowest BCUT2D eigenvalue weighted by Crippen LogP contribution is -2.30. The monoisotopic (exact) mass is 394 g/mol. The summed E-state index contributed by atoms with van der Waals surface area (Å²) >= 11 is 6.04. The van der Waals surface area contributed by atoms with E-state index in [2.05, 4.69) is 4.98 Å². The van der Waals surface area contributed by atoms with Crippen LogP contribution in [0.1, 0.15) is 10.4 Å². The molecule has 0 unspecified atom stereocenters. The molecule has 0 aliphatic carbocycles. The minimum Gasteiger partial charge on any atom is -0.454 e. The first-order valence-corrected chi connectivity index (χ1v) is 9.54. The lowest BCUT2D eigenvalue weighted by molar-refractivity contribution is 0.0977. The number of hydrogen-bond acceptors (Lipinski definition) is 5. The number of nitrogens with one attached hydrogen (secondary N) is 1. The highest BCUT2D eigenvalue weighted by Crippen LogP contribution is 2.32. The standard InChI is InChI=1S/C17H12ClFN2O4S/c1-26(23,24)21-17(22)12-7-13(18)16(8-14(12)19)25-11-6-10-4-2-3-5-15(10)20-9-11/h2-9H,1H3,(H,21,22). The van der Waals surface area contributed by atoms with Crippen LogP contribution in [0, 0.1) is 5.82 Å². The van der Waals surface area contributed by atoms with Crippen molar-refractivity contribution in [3.05, 3.63) is 65.1 Å². The maximum atomic E-state index is 14.2. The van der Waals surface area contributed by atoms with E-state index in [1.807, 2.05) is 24.3 Å². The summed E-state index contributed by atoms with van der Waals surface area (Å²) in [7, 11) is -3.83. The number of pyridine rings is 1. The molecule has 0 spiro atoms. The summed E-state index contributed by atoms with van der Waals surface area (Å²) < 4.78 is 43.6. The van der Waals surface area contributed by atoms with Gasteiger partial charge in [0.15, 0.2) is 0 Å². The maximum absolute atomic E-state index is 14.2. The molecule has 3 rings (SSSR count). The van der Waals surface area contributed by atoms with E-state index in [1.54, 1.807) is 10.8 Å². The fraction of sp³-hybridized carbons (Fsp3) is 0.0588. The zero-order valence-corrected chi connectivity index (χ0v) is 14.9. The third kappa shape index (κ3) is 4.09. The molecule has 1 N–H and O–H groups in total. The zero-order chi connectivity index (χ0) is 18.9. The van der Waals surface area contributed by atoms with Crippen molar-refractivity contribution in [1.82, 2.24) is 9.71 Å². The average Bonchev–Trinajstić information content (AvgIpc) is 2.56. The Hall–Kier alpha value is -2.71. The van der Waals surface area contributed by atoms with Gasteiger partial charge in [-0.1, -0.05) is 29.8 Å². The minimum atomic E-state index is -3.83. The van der Waals surface area contributed by atoms with Gasteiger partial charge in [-0.05, 0) is 18.2 Å². The summed E-state index contributed by atoms with van der Waals surface area (Å²) in [5.74, 6) is -1.79. The van der Waals surface area contributed by atoms with Gasteiger partial charge in [-0.25, -0.2) is 17.5 Å². The van der Waals surface area contributed by atoms with Crippen LogP contribution in [0.2, 0.25) is 5.02 Å². The number of hydrogen-bond donors (Lipinski definition) is 1. The highest BCUT2D eigenvalue weighted by molar-refractivity contribution is 7.89. The van der Waals surface area contributed by atoms with Crippen molar-refractivity contribution in [2.45, 2.75) is 0 Å². The Morgan fingerprint density at radius 2 is 1.96 bits per heavy atom. The van der Waals surface area contributed by atoms with Crippen molar-refractivity contribution >= 4 is 38.4 Å². The molecule has 9 heteroatoms. The molecular formula is C17H12ClFN2O4S. The quantitative estimate of drug-likeness (QED) is 0.731. The van der Waals surface area contributed by atoms with Gasteiger partial charge in [-0.3, -0.25) is 9.78 Å². The molecule has 2 aromatic carbocycles. The van der Waals surface area contributed by atoms with Crippen LogP contribution in [-0.2, 0) is 10.0 Å². The first kappa shape index (κ1) is 18.1. The van der Waals surface area contributed by atoms with Gasteiger partial charge in [0, 0.05) is 11.5 Å². The van der Waals surface area contributed by atoms with E-state index in [1.165, 1.54) is 6.20 Å². The van der Waals surface area contributed by atoms with Crippen LogP contribution in [0.5, 0.6) is 11.5 Å². The number of aromatic nitrogens is 1. The summed E-state index contributed by atoms with van der Waals surface area (Å²) in [5, 5.41) is 0.768. The van der Waals surface area contributed by atoms with Gasteiger partial charge in [-0.2, -0.15) is 0 Å². The number of halogens is 2. The average molecular weight is 395 g/mol. The lowest BCUT2D eigenvalue weighted by Gasteiger charge is -2.11. The number of sulfonamides is 1. The number of para-hydroxylation sites is 1. The number of benzene rings is 2. The number of ether oxygens (including phenoxy) is 1. The Bertz CT molecular complexity index is 1120. The highest BCUT2D eigenvalue weighted by Gasteiger charge is 2.19. The second kappa shape index (κ2) is 6.89. The molecule has 1 amide bonds. The number of carbonyl (C=O) groups excluding carboxylic acids is 1. The molecule has 26 heavy (non-hydrogen) atoms. The normalized spacial score (nSPS) is 11.3. The van der Waals surface area contributed by atoms with Gasteiger partial charge >= 0.3 is 0 Å². The molecule has 3 aromatic rings. The fourth-order valence-electron chi connectivity index (χ4n) is 2.24. The van der Waals surface area contributed by atoms with Gasteiger partial charge in [-0.15, -0.1) is 0 Å². The predicted octanol–water partition coefficient (Wildman–Crippen LogP) is 3.51. The Kier molecular flexibility index (Phi) is 4.80. The largest absolute Gasteiger partial charge is 0.454 e. The van der Waals surface area contributed by atoms with E-state index in [0.717, 1.165) is 29.3 Å². The van der Waals surface area contributed by atoms with E-state index in [4.69, 9.17) is 16.3 Å². The smallest absolute Gasteiger partial charge is 0.267 e. The zero-order valence-electron chi connectivity index (χ0n) is 13.4. The van der Waals surface area contributed by atoms with E-state index in [-0.39, 0.29) is 10.8 Å². The molecule has 0 bridgehead atoms. The Morgan fingerprint density at radius 1 is 1.23 bits per heavy atom. The van der Waals surface area contributed by atoms with Gasteiger partial charge in [0.1, 0.15) is 17.3 Å². The van der Waals surface area contributed by atoms with Crippen molar-refractivity contribution in [3.63, 3.8) is 0 Å². The number of rotatable bonds is 4. The molecule has 134 valence electrons. The van der Waals surface area contributed by atoms with Crippen molar-refractivity contribution in [2.75, 3.05) is 6.26 Å². The van der Waals surface area contributed by atoms with Crippen LogP contribution in [-0.4, -0.2) is 25.6 Å². The van der Waals surface area contributed by atoms with E-state index < -0.39 is 27.3 Å². The van der Waals surface area contributed by atoms with Crippen molar-refractivity contribution < 1.29 is 22.3 Å². The summed E-state index contributed by atoms with van der Waals surface area (Å²) in [5.41, 5.74) is 0.259. The molecule has 0 aliphatic rings. The van der Waals surface area contributed by atoms with Gasteiger partial charge in [0.25, 0.3) is 5.91 Å². The molecule has 0 atom stereocenters. The minimum absolute atomic E-state index is 0.0304. The van der Waals surface area contributed by atoms with Gasteiger partial charge < -0.3 is 4.74 Å². The molecule has 1 aromatic heterocycles. The second-order valence-corrected chi connectivity index (χ2v) is 7.59. The lowest BCUT2D eigenvalue weighted by atomic mass is 10.2. The van der Waals surface area contributed by atoms with Crippen LogP contribution in [0.3, 0.4) is 0 Å². The summed E-state index contributed by atoms with van der Waals surface area (Å²) in [6, 6.07) is 11.0. The first-order chi connectivity index (χ1) is 12.2. The van der Waals surface area contributed by atoms with Crippen LogP contribution in [0.15, 0.2) is 48.7 Å². The molecule has 0 saturated carbocycles. The van der Waals surface area contributed by atoms with Crippen molar-refractivity contribution in [1.29, 1.82) is 0 Å². The third-order valence-corrected chi connectivity index (χ3v) is 4.19. The second-order valence-electron chi connectivity index (χ2n) is 5.43. The van der Waals surface area contributed by atoms with E-state index in [9.17, 15) is 17.6 Å². The Labute approximate surface area is 153 Å². The Morgan fingerprint density at radius 3 is 2.69 bits per heavy atom. The molecule has 0 fully saturated rings. The summed E-state index contributed by atoms with van der Waals surface area (Å²) in [6.07, 6.45) is 2.25. The predicted molar refractivity (Wildman–Crippen MR) is 95.5 cm³/mol. The van der Waals surface area contributed by atoms with E-state index >= 15 is 0 Å². The van der Waals surface area contributed by atoms with E-state index in [0.29, 0.717) is 5.75 Å². The number of carbonyl (C=O) groups is 1. The topological polar surface area (TPSA) is 85.4 Å². The van der Waals surface area contributed by atoms with Crippen LogP contribution >= 0.6 is 11.6 Å². The number of fused-ring (bicyclic) bond motifs is 1. The number of nitrogens with zero attached hydrogens (tertiary/aromatic N) is 1. The molecule has 0 radical (unpaired) electrons. The summed E-state index contributed by atoms with van der Waals surface area (Å²) in [6.45, 7) is 0. The van der Waals surface area contributed by atoms with Crippen LogP contribution in [0.4, 0.5) is 4.39 Å². The summed E-state index contributed by atoms with van der Waals surface area (Å²) in [4.78, 5) is 16.0. The SMILES string of the molecule is CS(=O)(=O)NC(=O)c1cc(Cl)c(Oc2cnc3ccccc3c2)cc1F. The maximum Gasteiger partial charge on any atom is 0.267 e.